The molecule has 0 aliphatic heterocycles. The number of nitriles is 1. The monoisotopic (exact) mass is 252 g/mol. The molecule has 1 saturated carbocycles. The van der Waals surface area contributed by atoms with Crippen molar-refractivity contribution in [1.82, 2.24) is 4.72 Å². The number of nitrogens with one attached hydrogen (secondary N) is 1. The van der Waals surface area contributed by atoms with E-state index in [1.807, 2.05) is 6.07 Å². The molecule has 1 aliphatic rings. The first kappa shape index (κ1) is 12.0. The fraction of sp³-hybridized carbons (Fsp3) is 0.364. The zero-order valence-electron chi connectivity index (χ0n) is 9.00. The second kappa shape index (κ2) is 4.45. The highest BCUT2D eigenvalue weighted by Crippen LogP contribution is 2.22. The van der Waals surface area contributed by atoms with Crippen molar-refractivity contribution in [3.05, 3.63) is 29.8 Å². The second-order valence-electron chi connectivity index (χ2n) is 4.08. The average molecular weight is 252 g/mol. The van der Waals surface area contributed by atoms with Crippen LogP contribution >= 0.6 is 0 Å². The summed E-state index contributed by atoms with van der Waals surface area (Å²) >= 11 is 0. The SMILES string of the molecule is N#Cc1cccc(S(=O)(=O)NC2CC(O)C2)c1. The number of benzene rings is 1. The van der Waals surface area contributed by atoms with Gasteiger partial charge in [0, 0.05) is 6.04 Å². The molecule has 2 N–H and O–H groups in total. The molecule has 0 bridgehead atoms. The van der Waals surface area contributed by atoms with Crippen molar-refractivity contribution in [3.8, 4) is 6.07 Å². The van der Waals surface area contributed by atoms with Crippen LogP contribution in [0.15, 0.2) is 29.2 Å². The summed E-state index contributed by atoms with van der Waals surface area (Å²) in [5.41, 5.74) is 0.307. The maximum atomic E-state index is 11.9. The summed E-state index contributed by atoms with van der Waals surface area (Å²) in [5, 5.41) is 17.8. The smallest absolute Gasteiger partial charge is 0.240 e. The molecular formula is C11H12N2O3S. The number of hydrogen-bond acceptors (Lipinski definition) is 4. The van der Waals surface area contributed by atoms with Crippen molar-refractivity contribution in [2.24, 2.45) is 0 Å². The number of nitrogens with zero attached hydrogens (tertiary/aromatic N) is 1. The van der Waals surface area contributed by atoms with Crippen LogP contribution in [-0.4, -0.2) is 25.7 Å². The summed E-state index contributed by atoms with van der Waals surface area (Å²) < 4.78 is 26.3. The highest BCUT2D eigenvalue weighted by atomic mass is 32.2. The van der Waals surface area contributed by atoms with Crippen molar-refractivity contribution in [1.29, 1.82) is 5.26 Å². The van der Waals surface area contributed by atoms with E-state index in [1.165, 1.54) is 18.2 Å². The largest absolute Gasteiger partial charge is 0.393 e. The van der Waals surface area contributed by atoms with Crippen molar-refractivity contribution in [2.75, 3.05) is 0 Å². The van der Waals surface area contributed by atoms with E-state index in [4.69, 9.17) is 10.4 Å². The molecule has 0 heterocycles. The lowest BCUT2D eigenvalue weighted by Gasteiger charge is -2.31. The first-order valence-electron chi connectivity index (χ1n) is 5.22. The lowest BCUT2D eigenvalue weighted by Crippen LogP contribution is -2.46. The summed E-state index contributed by atoms with van der Waals surface area (Å²) in [5.74, 6) is 0. The van der Waals surface area contributed by atoms with Gasteiger partial charge < -0.3 is 5.11 Å². The Bertz CT molecular complexity index is 556. The Balaban J connectivity index is 2.17. The van der Waals surface area contributed by atoms with Crippen LogP contribution in [0, 0.1) is 11.3 Å². The zero-order chi connectivity index (χ0) is 12.5. The molecule has 5 nitrogen and oxygen atoms in total. The molecule has 0 saturated heterocycles. The van der Waals surface area contributed by atoms with Crippen LogP contribution in [0.4, 0.5) is 0 Å². The van der Waals surface area contributed by atoms with Gasteiger partial charge in [0.05, 0.1) is 22.6 Å². The van der Waals surface area contributed by atoms with Gasteiger partial charge in [-0.3, -0.25) is 0 Å². The normalized spacial score (nSPS) is 23.8. The Morgan fingerprint density at radius 1 is 1.41 bits per heavy atom. The van der Waals surface area contributed by atoms with E-state index in [2.05, 4.69) is 4.72 Å². The van der Waals surface area contributed by atoms with E-state index < -0.39 is 16.1 Å². The minimum Gasteiger partial charge on any atom is -0.393 e. The van der Waals surface area contributed by atoms with E-state index in [9.17, 15) is 8.42 Å². The molecule has 1 fully saturated rings. The van der Waals surface area contributed by atoms with E-state index >= 15 is 0 Å². The molecule has 0 aromatic heterocycles. The second-order valence-corrected chi connectivity index (χ2v) is 5.80. The summed E-state index contributed by atoms with van der Waals surface area (Å²) in [7, 11) is -3.59. The van der Waals surface area contributed by atoms with Gasteiger partial charge in [-0.1, -0.05) is 6.07 Å². The molecule has 1 aromatic carbocycles. The fourth-order valence-corrected chi connectivity index (χ4v) is 3.01. The predicted octanol–water partition coefficient (Wildman–Crippen LogP) is 0.360. The third-order valence-corrected chi connectivity index (χ3v) is 4.23. The van der Waals surface area contributed by atoms with E-state index in [0.717, 1.165) is 0 Å². The molecule has 0 spiro atoms. The number of sulfonamides is 1. The molecular weight excluding hydrogens is 240 g/mol. The van der Waals surface area contributed by atoms with Gasteiger partial charge in [-0.25, -0.2) is 13.1 Å². The molecule has 2 rings (SSSR count). The average Bonchev–Trinajstić information content (AvgIpc) is 2.27. The third kappa shape index (κ3) is 2.64. The van der Waals surface area contributed by atoms with Gasteiger partial charge in [0.15, 0.2) is 0 Å². The van der Waals surface area contributed by atoms with Gasteiger partial charge in [-0.15, -0.1) is 0 Å². The summed E-state index contributed by atoms with van der Waals surface area (Å²) in [6.45, 7) is 0. The van der Waals surface area contributed by atoms with Crippen LogP contribution < -0.4 is 4.72 Å². The highest BCUT2D eigenvalue weighted by molar-refractivity contribution is 7.89. The number of aliphatic hydroxyl groups is 1. The highest BCUT2D eigenvalue weighted by Gasteiger charge is 2.31. The predicted molar refractivity (Wildman–Crippen MR) is 60.5 cm³/mol. The van der Waals surface area contributed by atoms with Crippen LogP contribution in [0.3, 0.4) is 0 Å². The van der Waals surface area contributed by atoms with Crippen molar-refractivity contribution in [2.45, 2.75) is 29.9 Å². The fourth-order valence-electron chi connectivity index (χ4n) is 1.70. The number of hydrogen-bond donors (Lipinski definition) is 2. The number of rotatable bonds is 3. The lowest BCUT2D eigenvalue weighted by molar-refractivity contribution is 0.0712. The molecule has 0 atom stereocenters. The number of aliphatic hydroxyl groups excluding tert-OH is 1. The Labute approximate surface area is 99.7 Å². The van der Waals surface area contributed by atoms with Crippen LogP contribution in [-0.2, 0) is 10.0 Å². The van der Waals surface area contributed by atoms with Crippen LogP contribution in [0.25, 0.3) is 0 Å². The van der Waals surface area contributed by atoms with Crippen molar-refractivity contribution in [3.63, 3.8) is 0 Å². The molecule has 17 heavy (non-hydrogen) atoms. The van der Waals surface area contributed by atoms with Crippen LogP contribution in [0.2, 0.25) is 0 Å². The zero-order valence-corrected chi connectivity index (χ0v) is 9.81. The minimum absolute atomic E-state index is 0.0814. The maximum Gasteiger partial charge on any atom is 0.240 e. The first-order chi connectivity index (χ1) is 8.01. The summed E-state index contributed by atoms with van der Waals surface area (Å²) in [6, 6.07) is 7.54. The molecule has 90 valence electrons. The van der Waals surface area contributed by atoms with Crippen LogP contribution in [0.1, 0.15) is 18.4 Å². The van der Waals surface area contributed by atoms with Crippen molar-refractivity contribution < 1.29 is 13.5 Å². The molecule has 6 heteroatoms. The maximum absolute atomic E-state index is 11.9. The van der Waals surface area contributed by atoms with Gasteiger partial charge >= 0.3 is 0 Å². The van der Waals surface area contributed by atoms with Gasteiger partial charge in [0.25, 0.3) is 0 Å². The van der Waals surface area contributed by atoms with E-state index in [0.29, 0.717) is 18.4 Å². The van der Waals surface area contributed by atoms with Gasteiger partial charge in [0.2, 0.25) is 10.0 Å². The molecule has 0 radical (unpaired) electrons. The Hall–Kier alpha value is -1.42. The van der Waals surface area contributed by atoms with E-state index in [-0.39, 0.29) is 10.9 Å². The molecule has 0 amide bonds. The first-order valence-corrected chi connectivity index (χ1v) is 6.70. The quantitative estimate of drug-likeness (QED) is 0.812. The third-order valence-electron chi connectivity index (χ3n) is 2.71. The van der Waals surface area contributed by atoms with Gasteiger partial charge in [-0.05, 0) is 31.0 Å². The Morgan fingerprint density at radius 2 is 2.12 bits per heavy atom. The Morgan fingerprint density at radius 3 is 2.71 bits per heavy atom. The van der Waals surface area contributed by atoms with E-state index in [1.54, 1.807) is 6.07 Å². The summed E-state index contributed by atoms with van der Waals surface area (Å²) in [4.78, 5) is 0.0814. The lowest BCUT2D eigenvalue weighted by atomic mass is 9.91. The molecule has 0 unspecified atom stereocenters. The topological polar surface area (TPSA) is 90.2 Å². The summed E-state index contributed by atoms with van der Waals surface area (Å²) in [6.07, 6.45) is 0.474. The van der Waals surface area contributed by atoms with Crippen LogP contribution in [0.5, 0.6) is 0 Å². The van der Waals surface area contributed by atoms with Gasteiger partial charge in [0.1, 0.15) is 0 Å². The molecule has 1 aliphatic carbocycles. The molecule has 1 aromatic rings. The standard InChI is InChI=1S/C11H12N2O3S/c12-7-8-2-1-3-11(4-8)17(15,16)13-9-5-10(14)6-9/h1-4,9-10,13-14H,5-6H2. The minimum atomic E-state index is -3.59. The Kier molecular flexibility index (Phi) is 3.15. The van der Waals surface area contributed by atoms with Gasteiger partial charge in [-0.2, -0.15) is 5.26 Å². The van der Waals surface area contributed by atoms with Crippen molar-refractivity contribution >= 4 is 10.0 Å².